The second kappa shape index (κ2) is 5.68. The molecule has 1 fully saturated rings. The summed E-state index contributed by atoms with van der Waals surface area (Å²) >= 11 is 0. The smallest absolute Gasteiger partial charge is 0.0791 e. The molecule has 3 nitrogen and oxygen atoms in total. The van der Waals surface area contributed by atoms with Gasteiger partial charge in [0, 0.05) is 18.6 Å². The molecule has 0 aromatic heterocycles. The average Bonchev–Trinajstić information content (AvgIpc) is 2.17. The van der Waals surface area contributed by atoms with Crippen LogP contribution in [-0.2, 0) is 0 Å². The largest absolute Gasteiger partial charge is 0.390 e. The molecule has 17 heavy (non-hydrogen) atoms. The van der Waals surface area contributed by atoms with Gasteiger partial charge in [0.25, 0.3) is 0 Å². The third kappa shape index (κ3) is 6.39. The van der Waals surface area contributed by atoms with E-state index < -0.39 is 0 Å². The monoisotopic (exact) mass is 242 g/mol. The van der Waals surface area contributed by atoms with E-state index in [2.05, 4.69) is 44.8 Å². The van der Waals surface area contributed by atoms with E-state index >= 15 is 0 Å². The molecule has 0 aromatic carbocycles. The van der Waals surface area contributed by atoms with Gasteiger partial charge < -0.3 is 15.3 Å². The number of nitrogens with zero attached hydrogens (tertiary/aromatic N) is 1. The number of hydrogen-bond acceptors (Lipinski definition) is 3. The first-order chi connectivity index (χ1) is 7.68. The maximum absolute atomic E-state index is 9.99. The Kier molecular flexibility index (Phi) is 4.99. The molecular weight excluding hydrogens is 212 g/mol. The summed E-state index contributed by atoms with van der Waals surface area (Å²) in [6.45, 7) is 14.8. The molecule has 1 saturated heterocycles. The topological polar surface area (TPSA) is 35.5 Å². The van der Waals surface area contributed by atoms with Gasteiger partial charge >= 0.3 is 0 Å². The second-order valence-electron chi connectivity index (χ2n) is 7.25. The van der Waals surface area contributed by atoms with Crippen LogP contribution >= 0.6 is 0 Å². The van der Waals surface area contributed by atoms with Crippen LogP contribution in [0.3, 0.4) is 0 Å². The summed E-state index contributed by atoms with van der Waals surface area (Å²) in [5.74, 6) is 0. The number of piperidine rings is 1. The van der Waals surface area contributed by atoms with Crippen LogP contribution in [0.2, 0.25) is 0 Å². The number of β-amino-alcohol motifs (C(OH)–C–C–N with tert-alkyl or cyclic N) is 1. The van der Waals surface area contributed by atoms with Crippen molar-refractivity contribution >= 4 is 0 Å². The van der Waals surface area contributed by atoms with Crippen LogP contribution in [0.1, 0.15) is 47.5 Å². The van der Waals surface area contributed by atoms with Gasteiger partial charge in [-0.15, -0.1) is 0 Å². The van der Waals surface area contributed by atoms with Gasteiger partial charge in [-0.05, 0) is 52.1 Å². The van der Waals surface area contributed by atoms with Gasteiger partial charge in [-0.2, -0.15) is 0 Å². The Bertz CT molecular complexity index is 223. The molecule has 0 aliphatic carbocycles. The van der Waals surface area contributed by atoms with Crippen LogP contribution < -0.4 is 5.32 Å². The van der Waals surface area contributed by atoms with Crippen molar-refractivity contribution in [1.29, 1.82) is 0 Å². The lowest BCUT2D eigenvalue weighted by molar-refractivity contribution is 0.0673. The third-order valence-electron chi connectivity index (χ3n) is 3.55. The fourth-order valence-corrected chi connectivity index (χ4v) is 2.13. The SMILES string of the molecule is CC1(C)CCN(CC(O)CNC(C)(C)C)CC1. The van der Waals surface area contributed by atoms with Gasteiger partial charge in [0.1, 0.15) is 0 Å². The molecule has 1 aliphatic heterocycles. The highest BCUT2D eigenvalue weighted by atomic mass is 16.3. The summed E-state index contributed by atoms with van der Waals surface area (Å²) in [5.41, 5.74) is 0.579. The van der Waals surface area contributed by atoms with E-state index in [1.54, 1.807) is 0 Å². The maximum atomic E-state index is 9.99. The van der Waals surface area contributed by atoms with E-state index in [9.17, 15) is 5.11 Å². The van der Waals surface area contributed by atoms with Crippen molar-refractivity contribution in [2.45, 2.75) is 59.1 Å². The first-order valence-electron chi connectivity index (χ1n) is 6.83. The average molecular weight is 242 g/mol. The Hall–Kier alpha value is -0.120. The summed E-state index contributed by atoms with van der Waals surface area (Å²) in [6, 6.07) is 0. The quantitative estimate of drug-likeness (QED) is 0.790. The van der Waals surface area contributed by atoms with Crippen molar-refractivity contribution in [2.24, 2.45) is 5.41 Å². The van der Waals surface area contributed by atoms with E-state index in [1.165, 1.54) is 12.8 Å². The van der Waals surface area contributed by atoms with Crippen LogP contribution in [0, 0.1) is 5.41 Å². The minimum absolute atomic E-state index is 0.0882. The molecule has 102 valence electrons. The van der Waals surface area contributed by atoms with Gasteiger partial charge in [-0.25, -0.2) is 0 Å². The standard InChI is InChI=1S/C14H30N2O/c1-13(2,3)15-10-12(17)11-16-8-6-14(4,5)7-9-16/h12,15,17H,6-11H2,1-5H3. The lowest BCUT2D eigenvalue weighted by Crippen LogP contribution is -2.47. The van der Waals surface area contributed by atoms with Crippen LogP contribution in [0.5, 0.6) is 0 Å². The van der Waals surface area contributed by atoms with Crippen molar-refractivity contribution in [3.8, 4) is 0 Å². The number of likely N-dealkylation sites (tertiary alicyclic amines) is 1. The molecule has 1 atom stereocenters. The Morgan fingerprint density at radius 2 is 1.76 bits per heavy atom. The molecule has 0 radical (unpaired) electrons. The Morgan fingerprint density at radius 3 is 2.24 bits per heavy atom. The van der Waals surface area contributed by atoms with E-state index in [0.29, 0.717) is 12.0 Å². The Balaban J connectivity index is 2.21. The molecule has 1 aliphatic rings. The van der Waals surface area contributed by atoms with Gasteiger partial charge in [0.2, 0.25) is 0 Å². The maximum Gasteiger partial charge on any atom is 0.0791 e. The summed E-state index contributed by atoms with van der Waals surface area (Å²) < 4.78 is 0. The van der Waals surface area contributed by atoms with Crippen molar-refractivity contribution in [2.75, 3.05) is 26.2 Å². The molecular formula is C14H30N2O. The van der Waals surface area contributed by atoms with Gasteiger partial charge in [0.05, 0.1) is 6.10 Å². The molecule has 1 heterocycles. The van der Waals surface area contributed by atoms with E-state index in [4.69, 9.17) is 0 Å². The highest BCUT2D eigenvalue weighted by molar-refractivity contribution is 4.81. The molecule has 2 N–H and O–H groups in total. The van der Waals surface area contributed by atoms with Crippen LogP contribution in [0.15, 0.2) is 0 Å². The minimum atomic E-state index is -0.254. The lowest BCUT2D eigenvalue weighted by atomic mass is 9.82. The highest BCUT2D eigenvalue weighted by Gasteiger charge is 2.26. The molecule has 0 aromatic rings. The van der Waals surface area contributed by atoms with E-state index in [-0.39, 0.29) is 11.6 Å². The second-order valence-corrected chi connectivity index (χ2v) is 7.25. The zero-order valence-electron chi connectivity index (χ0n) is 12.2. The molecule has 3 heteroatoms. The normalized spacial score (nSPS) is 23.6. The predicted molar refractivity (Wildman–Crippen MR) is 73.2 cm³/mol. The van der Waals surface area contributed by atoms with Crippen molar-refractivity contribution in [3.05, 3.63) is 0 Å². The fourth-order valence-electron chi connectivity index (χ4n) is 2.13. The molecule has 1 rings (SSSR count). The van der Waals surface area contributed by atoms with Crippen molar-refractivity contribution < 1.29 is 5.11 Å². The van der Waals surface area contributed by atoms with Crippen molar-refractivity contribution in [3.63, 3.8) is 0 Å². The Labute approximate surface area is 107 Å². The number of hydrogen-bond donors (Lipinski definition) is 2. The molecule has 0 bridgehead atoms. The van der Waals surface area contributed by atoms with Gasteiger partial charge in [-0.1, -0.05) is 13.8 Å². The van der Waals surface area contributed by atoms with Crippen LogP contribution in [0.4, 0.5) is 0 Å². The predicted octanol–water partition coefficient (Wildman–Crippen LogP) is 1.86. The Morgan fingerprint density at radius 1 is 1.24 bits per heavy atom. The fraction of sp³-hybridized carbons (Fsp3) is 1.00. The zero-order chi connectivity index (χ0) is 13.1. The van der Waals surface area contributed by atoms with E-state index in [0.717, 1.165) is 19.6 Å². The van der Waals surface area contributed by atoms with Crippen LogP contribution in [0.25, 0.3) is 0 Å². The summed E-state index contributed by atoms with van der Waals surface area (Å²) in [5, 5.41) is 13.3. The van der Waals surface area contributed by atoms with Crippen LogP contribution in [-0.4, -0.2) is 47.8 Å². The molecule has 0 spiro atoms. The summed E-state index contributed by atoms with van der Waals surface area (Å²) in [6.07, 6.45) is 2.23. The van der Waals surface area contributed by atoms with E-state index in [1.807, 2.05) is 0 Å². The molecule has 1 unspecified atom stereocenters. The molecule has 0 amide bonds. The lowest BCUT2D eigenvalue weighted by Gasteiger charge is -2.38. The number of rotatable bonds is 4. The number of nitrogens with one attached hydrogen (secondary N) is 1. The minimum Gasteiger partial charge on any atom is -0.390 e. The number of aliphatic hydroxyl groups is 1. The first kappa shape index (κ1) is 14.9. The first-order valence-corrected chi connectivity index (χ1v) is 6.83. The third-order valence-corrected chi connectivity index (χ3v) is 3.55. The molecule has 0 saturated carbocycles. The summed E-state index contributed by atoms with van der Waals surface area (Å²) in [7, 11) is 0. The highest BCUT2D eigenvalue weighted by Crippen LogP contribution is 2.29. The van der Waals surface area contributed by atoms with Gasteiger partial charge in [0.15, 0.2) is 0 Å². The summed E-state index contributed by atoms with van der Waals surface area (Å²) in [4.78, 5) is 2.39. The van der Waals surface area contributed by atoms with Gasteiger partial charge in [-0.3, -0.25) is 0 Å². The van der Waals surface area contributed by atoms with Crippen molar-refractivity contribution in [1.82, 2.24) is 10.2 Å². The number of aliphatic hydroxyl groups excluding tert-OH is 1. The zero-order valence-corrected chi connectivity index (χ0v) is 12.2.